The molecule has 0 amide bonds. The van der Waals surface area contributed by atoms with Gasteiger partial charge in [-0.3, -0.25) is 9.78 Å². The number of aliphatic hydroxyl groups is 1. The minimum absolute atomic E-state index is 0. The maximum absolute atomic E-state index is 10.0. The van der Waals surface area contributed by atoms with Crippen molar-refractivity contribution in [3.8, 4) is 56.3 Å². The van der Waals surface area contributed by atoms with Crippen molar-refractivity contribution in [2.24, 2.45) is 0 Å². The minimum Gasteiger partial charge on any atom is -0.512 e. The molecule has 1 N–H and O–H groups in total. The Labute approximate surface area is 465 Å². The van der Waals surface area contributed by atoms with E-state index in [1.165, 1.54) is 25.5 Å². The maximum atomic E-state index is 10.0. The van der Waals surface area contributed by atoms with Crippen LogP contribution in [0.15, 0.2) is 249 Å². The normalized spacial score (nSPS) is 9.51. The third kappa shape index (κ3) is 23.2. The first-order chi connectivity index (χ1) is 33.8. The fourth-order valence-electron chi connectivity index (χ4n) is 6.05. The summed E-state index contributed by atoms with van der Waals surface area (Å²) in [7, 11) is 0. The van der Waals surface area contributed by atoms with Gasteiger partial charge in [0.05, 0.1) is 5.76 Å². The van der Waals surface area contributed by atoms with E-state index in [4.69, 9.17) is 5.11 Å². The van der Waals surface area contributed by atoms with Gasteiger partial charge in [0.1, 0.15) is 0 Å². The zero-order valence-corrected chi connectivity index (χ0v) is 47.1. The van der Waals surface area contributed by atoms with Gasteiger partial charge in [-0.1, -0.05) is 60.2 Å². The molecule has 5 aromatic carbocycles. The van der Waals surface area contributed by atoms with Crippen LogP contribution in [0.5, 0.6) is 0 Å². The van der Waals surface area contributed by atoms with Crippen LogP contribution < -0.4 is 0 Å². The van der Waals surface area contributed by atoms with Gasteiger partial charge in [0.2, 0.25) is 0 Å². The van der Waals surface area contributed by atoms with Crippen LogP contribution >= 0.6 is 0 Å². The number of aliphatic hydroxyl groups excluding tert-OH is 1. The third-order valence-corrected chi connectivity index (χ3v) is 9.22. The van der Waals surface area contributed by atoms with E-state index in [9.17, 15) is 4.79 Å². The fraction of sp³-hybridized carbons (Fsp3) is 0.0484. The van der Waals surface area contributed by atoms with Gasteiger partial charge >= 0.3 is 20.1 Å². The van der Waals surface area contributed by atoms with Crippen LogP contribution in [-0.4, -0.2) is 35.8 Å². The first kappa shape index (κ1) is 61.0. The smallest absolute Gasteiger partial charge is 0.512 e. The van der Waals surface area contributed by atoms with Crippen molar-refractivity contribution >= 4 is 5.78 Å². The van der Waals surface area contributed by atoms with E-state index in [1.807, 2.05) is 206 Å². The predicted molar refractivity (Wildman–Crippen MR) is 280 cm³/mol. The number of allylic oxidation sites excluding steroid dienone is 2. The second-order valence-electron chi connectivity index (χ2n) is 14.7. The van der Waals surface area contributed by atoms with Crippen LogP contribution in [0.25, 0.3) is 56.3 Å². The number of nitrogens with zero attached hydrogens (tertiary/aromatic N) is 5. The van der Waals surface area contributed by atoms with E-state index < -0.39 is 0 Å². The van der Waals surface area contributed by atoms with Crippen molar-refractivity contribution in [2.75, 3.05) is 0 Å². The number of ketones is 1. The molecule has 2 radical (unpaired) electrons. The van der Waals surface area contributed by atoms with E-state index in [0.717, 1.165) is 61.9 Å². The van der Waals surface area contributed by atoms with Crippen LogP contribution in [-0.2, 0) is 65.1 Å². The zero-order valence-electron chi connectivity index (χ0n) is 39.9. The molecule has 5 aromatic heterocycles. The maximum Gasteiger partial charge on any atom is 3.00 e. The molecule has 72 heavy (non-hydrogen) atoms. The summed E-state index contributed by atoms with van der Waals surface area (Å²) in [5.41, 5.74) is 12.4. The van der Waals surface area contributed by atoms with Crippen molar-refractivity contribution in [3.63, 3.8) is 0 Å². The molecule has 0 atom stereocenters. The van der Waals surface area contributed by atoms with Gasteiger partial charge in [-0.05, 0) is 79.9 Å². The zero-order chi connectivity index (χ0) is 48.7. The van der Waals surface area contributed by atoms with Gasteiger partial charge in [0.15, 0.2) is 5.78 Å². The number of carbonyl (C=O) groups excluding carboxylic acids is 1. The molecule has 10 aromatic rings. The van der Waals surface area contributed by atoms with Gasteiger partial charge < -0.3 is 25.0 Å². The molecule has 366 valence electrons. The summed E-state index contributed by atoms with van der Waals surface area (Å²) in [4.78, 5) is 31.2. The Hall–Kier alpha value is -7.12. The number of aryl methyl sites for hydroxylation is 1. The van der Waals surface area contributed by atoms with Crippen LogP contribution in [0.2, 0.25) is 0 Å². The Kier molecular flexibility index (Phi) is 30.4. The topological polar surface area (TPSA) is 102 Å². The van der Waals surface area contributed by atoms with E-state index in [1.54, 1.807) is 24.8 Å². The molecule has 10 heteroatoms. The molecule has 10 rings (SSSR count). The number of aromatic nitrogens is 5. The SMILES string of the molecule is CC(=O)C=C(C)O.Cc1ccnc(-c2[c-]cccc2)c1.[CH2-]c1ccccc1-c1ccccn1.[Ir+3].[Ir].[Ir].[c-]1ccccc1-c1ccccn1.[c-]1ccccc1-c1ccccn1.[c-]1ccccc1-c1ccccn1. The molecular formula is C62H52Ir3N5O2-2. The summed E-state index contributed by atoms with van der Waals surface area (Å²) in [6.07, 6.45) is 10.1. The van der Waals surface area contributed by atoms with Crippen molar-refractivity contribution in [1.82, 2.24) is 24.9 Å². The molecular weight excluding hydrogens is 1420 g/mol. The van der Waals surface area contributed by atoms with Crippen LogP contribution in [0.1, 0.15) is 25.0 Å². The Bertz CT molecular complexity index is 2680. The second-order valence-corrected chi connectivity index (χ2v) is 14.7. The first-order valence-corrected chi connectivity index (χ1v) is 22.0. The first-order valence-electron chi connectivity index (χ1n) is 22.0. The number of rotatable bonds is 6. The second kappa shape index (κ2) is 35.9. The fourth-order valence-corrected chi connectivity index (χ4v) is 6.05. The summed E-state index contributed by atoms with van der Waals surface area (Å²) in [5.74, 6) is -0.0625. The summed E-state index contributed by atoms with van der Waals surface area (Å²) >= 11 is 0. The van der Waals surface area contributed by atoms with Crippen LogP contribution in [0.3, 0.4) is 0 Å². The van der Waals surface area contributed by atoms with Crippen molar-refractivity contribution in [2.45, 2.75) is 20.8 Å². The van der Waals surface area contributed by atoms with Gasteiger partial charge in [0.25, 0.3) is 0 Å². The average Bonchev–Trinajstić information content (AvgIpc) is 3.41. The van der Waals surface area contributed by atoms with Gasteiger partial charge in [-0.25, -0.2) is 0 Å². The Morgan fingerprint density at radius 1 is 0.444 bits per heavy atom. The predicted octanol–water partition coefficient (Wildman–Crippen LogP) is 14.5. The molecule has 0 bridgehead atoms. The van der Waals surface area contributed by atoms with E-state index in [-0.39, 0.29) is 71.9 Å². The molecule has 0 aliphatic rings. The number of hydrogen-bond acceptors (Lipinski definition) is 7. The molecule has 0 unspecified atom stereocenters. The molecule has 0 saturated heterocycles. The monoisotopic (exact) mass is 1480 g/mol. The molecule has 5 heterocycles. The third-order valence-electron chi connectivity index (χ3n) is 9.22. The van der Waals surface area contributed by atoms with E-state index in [2.05, 4.69) is 69.1 Å². The van der Waals surface area contributed by atoms with Crippen molar-refractivity contribution in [1.29, 1.82) is 0 Å². The summed E-state index contributed by atoms with van der Waals surface area (Å²) in [5, 5.41) is 8.36. The molecule has 7 nitrogen and oxygen atoms in total. The minimum atomic E-state index is -0.125. The summed E-state index contributed by atoms with van der Waals surface area (Å²) < 4.78 is 0. The van der Waals surface area contributed by atoms with Gasteiger partial charge in [0, 0.05) is 83.0 Å². The molecule has 0 saturated carbocycles. The van der Waals surface area contributed by atoms with Gasteiger partial charge in [-0.15, -0.1) is 161 Å². The van der Waals surface area contributed by atoms with Crippen LogP contribution in [0, 0.1) is 38.1 Å². The van der Waals surface area contributed by atoms with Crippen molar-refractivity contribution < 1.29 is 70.2 Å². The van der Waals surface area contributed by atoms with Crippen molar-refractivity contribution in [3.05, 3.63) is 291 Å². The number of benzene rings is 5. The summed E-state index contributed by atoms with van der Waals surface area (Å²) in [6.45, 7) is 8.87. The Morgan fingerprint density at radius 2 is 0.778 bits per heavy atom. The number of carbonyl (C=O) groups is 1. The van der Waals surface area contributed by atoms with E-state index in [0.29, 0.717) is 0 Å². The molecule has 0 fully saturated rings. The van der Waals surface area contributed by atoms with Gasteiger partial charge in [-0.2, -0.15) is 18.6 Å². The Balaban J connectivity index is 0.000000296. The quantitative estimate of drug-likeness (QED) is 0.101. The van der Waals surface area contributed by atoms with Crippen LogP contribution in [0.4, 0.5) is 0 Å². The van der Waals surface area contributed by atoms with E-state index >= 15 is 0 Å². The molecule has 0 spiro atoms. The molecule has 0 aliphatic carbocycles. The largest absolute Gasteiger partial charge is 3.00 e. The molecule has 0 aliphatic heterocycles. The summed E-state index contributed by atoms with van der Waals surface area (Å²) in [6, 6.07) is 79.4. The number of hydrogen-bond donors (Lipinski definition) is 1. The standard InChI is InChI=1S/2C12H10N.3C11H8N.C5H8O2.3Ir/c1-10-6-2-3-7-11(10)12-8-4-5-9-13-12;1-10-7-8-13-12(9-10)11-5-3-2-4-6-11;3*1-2-6-10(7-3-1)11-8-4-5-9-12-11;1-4(6)3-5(2)7;;;/h2-9H,1H2;2-5,7-9H,1H3;3*1-6,8-9H;3,6H,1-2H3;;;/q5*-1;;;;+3. The average molecular weight is 1480 g/mol. The Morgan fingerprint density at radius 3 is 1.07 bits per heavy atom. The number of pyridine rings is 5.